The molecule has 5 heteroatoms. The highest BCUT2D eigenvalue weighted by molar-refractivity contribution is 5.33. The molecule has 0 aliphatic carbocycles. The minimum atomic E-state index is 0.398. The Balaban J connectivity index is 1.57. The van der Waals surface area contributed by atoms with Crippen molar-refractivity contribution in [1.29, 1.82) is 0 Å². The van der Waals surface area contributed by atoms with Crippen molar-refractivity contribution in [2.45, 2.75) is 39.7 Å². The summed E-state index contributed by atoms with van der Waals surface area (Å²) in [6, 6.07) is 8.22. The molecule has 1 aromatic carbocycles. The van der Waals surface area contributed by atoms with Crippen molar-refractivity contribution < 1.29 is 14.0 Å². The molecule has 0 unspecified atom stereocenters. The molecule has 1 atom stereocenters. The van der Waals surface area contributed by atoms with Crippen molar-refractivity contribution in [2.24, 2.45) is 0 Å². The maximum atomic E-state index is 5.92. The van der Waals surface area contributed by atoms with Crippen molar-refractivity contribution in [3.8, 4) is 11.5 Å². The number of benzene rings is 1. The summed E-state index contributed by atoms with van der Waals surface area (Å²) in [6.07, 6.45) is 2.36. The molecule has 5 nitrogen and oxygen atoms in total. The Kier molecular flexibility index (Phi) is 5.41. The lowest BCUT2D eigenvalue weighted by molar-refractivity contribution is 0.196. The molecule has 0 spiro atoms. The zero-order chi connectivity index (χ0) is 16.9. The molecule has 0 saturated carbocycles. The van der Waals surface area contributed by atoms with Crippen LogP contribution in [0.15, 0.2) is 28.8 Å². The first-order chi connectivity index (χ1) is 11.7. The minimum absolute atomic E-state index is 0.398. The fourth-order valence-corrected chi connectivity index (χ4v) is 3.49. The van der Waals surface area contributed by atoms with Crippen molar-refractivity contribution in [3.63, 3.8) is 0 Å². The second-order valence-electron chi connectivity index (χ2n) is 6.19. The summed E-state index contributed by atoms with van der Waals surface area (Å²) in [5.41, 5.74) is 2.26. The number of ether oxygens (including phenoxy) is 2. The van der Waals surface area contributed by atoms with Gasteiger partial charge < -0.3 is 14.0 Å². The highest BCUT2D eigenvalue weighted by Gasteiger charge is 2.30. The SMILES string of the molecule is CCOc1cccc(OCCN2CCC[C@H]2c2c(C)noc2C)c1. The number of aryl methyl sites for hydroxylation is 2. The predicted octanol–water partition coefficient (Wildman–Crippen LogP) is 3.91. The lowest BCUT2D eigenvalue weighted by atomic mass is 10.0. The topological polar surface area (TPSA) is 47.7 Å². The Hall–Kier alpha value is -2.01. The molecule has 0 bridgehead atoms. The monoisotopic (exact) mass is 330 g/mol. The van der Waals surface area contributed by atoms with Gasteiger partial charge in [0.05, 0.1) is 12.3 Å². The minimum Gasteiger partial charge on any atom is -0.494 e. The van der Waals surface area contributed by atoms with Crippen LogP contribution >= 0.6 is 0 Å². The third-order valence-electron chi connectivity index (χ3n) is 4.55. The molecule has 3 rings (SSSR count). The van der Waals surface area contributed by atoms with Gasteiger partial charge in [-0.25, -0.2) is 0 Å². The van der Waals surface area contributed by atoms with E-state index in [1.807, 2.05) is 45.0 Å². The normalized spacial score (nSPS) is 18.0. The smallest absolute Gasteiger partial charge is 0.138 e. The zero-order valence-corrected chi connectivity index (χ0v) is 14.7. The zero-order valence-electron chi connectivity index (χ0n) is 14.7. The van der Waals surface area contributed by atoms with E-state index in [-0.39, 0.29) is 0 Å². The van der Waals surface area contributed by atoms with Gasteiger partial charge in [0.15, 0.2) is 0 Å². The molecule has 0 N–H and O–H groups in total. The summed E-state index contributed by atoms with van der Waals surface area (Å²) in [4.78, 5) is 2.47. The van der Waals surface area contributed by atoms with E-state index >= 15 is 0 Å². The van der Waals surface area contributed by atoms with Crippen LogP contribution in [-0.4, -0.2) is 36.4 Å². The largest absolute Gasteiger partial charge is 0.494 e. The number of hydrogen-bond acceptors (Lipinski definition) is 5. The molecule has 1 aliphatic rings. The van der Waals surface area contributed by atoms with Crippen molar-refractivity contribution in [3.05, 3.63) is 41.3 Å². The van der Waals surface area contributed by atoms with Crippen LogP contribution in [0.1, 0.15) is 42.8 Å². The first-order valence-electron chi connectivity index (χ1n) is 8.71. The maximum absolute atomic E-state index is 5.92. The van der Waals surface area contributed by atoms with Gasteiger partial charge in [-0.3, -0.25) is 4.90 Å². The molecular weight excluding hydrogens is 304 g/mol. The summed E-state index contributed by atoms with van der Waals surface area (Å²) in [7, 11) is 0. The second kappa shape index (κ2) is 7.71. The van der Waals surface area contributed by atoms with Crippen LogP contribution in [0, 0.1) is 13.8 Å². The van der Waals surface area contributed by atoms with Crippen LogP contribution < -0.4 is 9.47 Å². The van der Waals surface area contributed by atoms with Gasteiger partial charge in [-0.1, -0.05) is 11.2 Å². The van der Waals surface area contributed by atoms with Crippen molar-refractivity contribution in [1.82, 2.24) is 10.1 Å². The Labute approximate surface area is 143 Å². The van der Waals surface area contributed by atoms with E-state index in [4.69, 9.17) is 14.0 Å². The number of hydrogen-bond donors (Lipinski definition) is 0. The van der Waals surface area contributed by atoms with Gasteiger partial charge in [0.1, 0.15) is 23.9 Å². The molecule has 2 heterocycles. The van der Waals surface area contributed by atoms with E-state index in [0.717, 1.165) is 42.5 Å². The first kappa shape index (κ1) is 16.8. The van der Waals surface area contributed by atoms with Gasteiger partial charge >= 0.3 is 0 Å². The molecule has 24 heavy (non-hydrogen) atoms. The van der Waals surface area contributed by atoms with E-state index in [1.54, 1.807) is 0 Å². The summed E-state index contributed by atoms with van der Waals surface area (Å²) < 4.78 is 16.8. The molecule has 1 aliphatic heterocycles. The maximum Gasteiger partial charge on any atom is 0.138 e. The number of likely N-dealkylation sites (tertiary alicyclic amines) is 1. The Morgan fingerprint density at radius 2 is 2.04 bits per heavy atom. The summed E-state index contributed by atoms with van der Waals surface area (Å²) in [5.74, 6) is 2.65. The molecular formula is C19H26N2O3. The fourth-order valence-electron chi connectivity index (χ4n) is 3.49. The van der Waals surface area contributed by atoms with Gasteiger partial charge in [0.25, 0.3) is 0 Å². The van der Waals surface area contributed by atoms with E-state index in [2.05, 4.69) is 10.1 Å². The molecule has 0 radical (unpaired) electrons. The number of aromatic nitrogens is 1. The van der Waals surface area contributed by atoms with E-state index < -0.39 is 0 Å². The molecule has 0 amide bonds. The van der Waals surface area contributed by atoms with Gasteiger partial charge in [-0.05, 0) is 52.3 Å². The van der Waals surface area contributed by atoms with Crippen molar-refractivity contribution in [2.75, 3.05) is 26.3 Å². The van der Waals surface area contributed by atoms with Crippen LogP contribution in [-0.2, 0) is 0 Å². The van der Waals surface area contributed by atoms with Gasteiger partial charge in [0, 0.05) is 24.2 Å². The van der Waals surface area contributed by atoms with Crippen LogP contribution in [0.25, 0.3) is 0 Å². The average molecular weight is 330 g/mol. The van der Waals surface area contributed by atoms with Gasteiger partial charge in [0.2, 0.25) is 0 Å². The summed E-state index contributed by atoms with van der Waals surface area (Å²) in [6.45, 7) is 9.33. The molecule has 130 valence electrons. The fraction of sp³-hybridized carbons (Fsp3) is 0.526. The number of nitrogens with zero attached hydrogens (tertiary/aromatic N) is 2. The van der Waals surface area contributed by atoms with Gasteiger partial charge in [-0.2, -0.15) is 0 Å². The average Bonchev–Trinajstić information content (AvgIpc) is 3.14. The van der Waals surface area contributed by atoms with Crippen LogP contribution in [0.4, 0.5) is 0 Å². The van der Waals surface area contributed by atoms with Crippen molar-refractivity contribution >= 4 is 0 Å². The highest BCUT2D eigenvalue weighted by Crippen LogP contribution is 2.35. The summed E-state index contributed by atoms with van der Waals surface area (Å²) in [5, 5.41) is 4.10. The second-order valence-corrected chi connectivity index (χ2v) is 6.19. The lowest BCUT2D eigenvalue weighted by Gasteiger charge is -2.24. The van der Waals surface area contributed by atoms with Crippen LogP contribution in [0.2, 0.25) is 0 Å². The Morgan fingerprint density at radius 3 is 2.75 bits per heavy atom. The lowest BCUT2D eigenvalue weighted by Crippen LogP contribution is -2.28. The summed E-state index contributed by atoms with van der Waals surface area (Å²) >= 11 is 0. The van der Waals surface area contributed by atoms with E-state index in [1.165, 1.54) is 12.0 Å². The van der Waals surface area contributed by atoms with E-state index in [0.29, 0.717) is 19.3 Å². The molecule has 1 fully saturated rings. The van der Waals surface area contributed by atoms with Crippen LogP contribution in [0.3, 0.4) is 0 Å². The van der Waals surface area contributed by atoms with E-state index in [9.17, 15) is 0 Å². The third-order valence-corrected chi connectivity index (χ3v) is 4.55. The Bertz CT molecular complexity index is 649. The third kappa shape index (κ3) is 3.73. The molecule has 1 saturated heterocycles. The molecule has 1 aromatic heterocycles. The highest BCUT2D eigenvalue weighted by atomic mass is 16.5. The van der Waals surface area contributed by atoms with Gasteiger partial charge in [-0.15, -0.1) is 0 Å². The molecule has 2 aromatic rings. The Morgan fingerprint density at radius 1 is 1.25 bits per heavy atom. The van der Waals surface area contributed by atoms with Crippen LogP contribution in [0.5, 0.6) is 11.5 Å². The first-order valence-corrected chi connectivity index (χ1v) is 8.71. The predicted molar refractivity (Wildman–Crippen MR) is 92.6 cm³/mol. The quantitative estimate of drug-likeness (QED) is 0.770. The number of rotatable bonds is 7. The standard InChI is InChI=1S/C19H26N2O3/c1-4-22-16-7-5-8-17(13-16)23-12-11-21-10-6-9-18(21)19-14(2)20-24-15(19)3/h5,7-8,13,18H,4,6,9-12H2,1-3H3/t18-/m0/s1.